The number of likely N-dealkylation sites (tertiary alicyclic amines) is 1. The van der Waals surface area contributed by atoms with E-state index in [9.17, 15) is 0 Å². The van der Waals surface area contributed by atoms with Gasteiger partial charge in [0.05, 0.1) is 12.6 Å². The largest absolute Gasteiger partial charge is 0.337 e. The standard InChI is InChI=1S/C17H20N6O/c1-2-22-12-18-20-15(22)11-23-10-6-9-14(23)17-19-16(21-24-17)13-7-4-3-5-8-13/h3-5,7-8,12,14H,2,6,9-11H2,1H3/t14-/m0/s1. The maximum atomic E-state index is 5.56. The van der Waals surface area contributed by atoms with Crippen molar-refractivity contribution in [3.05, 3.63) is 48.4 Å². The third-order valence-electron chi connectivity index (χ3n) is 4.50. The van der Waals surface area contributed by atoms with Crippen LogP contribution < -0.4 is 0 Å². The number of aromatic nitrogens is 5. The number of benzene rings is 1. The second kappa shape index (κ2) is 6.52. The van der Waals surface area contributed by atoms with Crippen molar-refractivity contribution in [2.75, 3.05) is 6.54 Å². The summed E-state index contributed by atoms with van der Waals surface area (Å²) in [5.74, 6) is 2.32. The third-order valence-corrected chi connectivity index (χ3v) is 4.50. The van der Waals surface area contributed by atoms with Gasteiger partial charge in [0, 0.05) is 12.1 Å². The molecule has 4 rings (SSSR count). The van der Waals surface area contributed by atoms with Gasteiger partial charge in [0.2, 0.25) is 11.7 Å². The van der Waals surface area contributed by atoms with Gasteiger partial charge in [-0.25, -0.2) is 0 Å². The van der Waals surface area contributed by atoms with Gasteiger partial charge in [-0.1, -0.05) is 35.5 Å². The van der Waals surface area contributed by atoms with Crippen LogP contribution in [0.15, 0.2) is 41.2 Å². The van der Waals surface area contributed by atoms with Crippen molar-refractivity contribution in [1.82, 2.24) is 29.8 Å². The molecule has 0 unspecified atom stereocenters. The summed E-state index contributed by atoms with van der Waals surface area (Å²) in [4.78, 5) is 6.97. The van der Waals surface area contributed by atoms with Crippen molar-refractivity contribution in [3.63, 3.8) is 0 Å². The van der Waals surface area contributed by atoms with Crippen LogP contribution in [0.5, 0.6) is 0 Å². The Labute approximate surface area is 140 Å². The number of hydrogen-bond acceptors (Lipinski definition) is 6. The monoisotopic (exact) mass is 324 g/mol. The third kappa shape index (κ3) is 2.82. The molecule has 124 valence electrons. The Hall–Kier alpha value is -2.54. The van der Waals surface area contributed by atoms with Crippen molar-refractivity contribution in [1.29, 1.82) is 0 Å². The minimum atomic E-state index is 0.150. The summed E-state index contributed by atoms with van der Waals surface area (Å²) in [7, 11) is 0. The minimum absolute atomic E-state index is 0.150. The molecule has 0 spiro atoms. The summed E-state index contributed by atoms with van der Waals surface area (Å²) in [6.45, 7) is 4.73. The lowest BCUT2D eigenvalue weighted by Gasteiger charge is -2.20. The first-order chi connectivity index (χ1) is 11.8. The number of rotatable bonds is 5. The van der Waals surface area contributed by atoms with Gasteiger partial charge >= 0.3 is 0 Å². The maximum Gasteiger partial charge on any atom is 0.244 e. The molecule has 0 aliphatic carbocycles. The van der Waals surface area contributed by atoms with Crippen LogP contribution in [-0.4, -0.2) is 36.3 Å². The quantitative estimate of drug-likeness (QED) is 0.718. The molecule has 0 bridgehead atoms. The molecule has 1 aromatic carbocycles. The van der Waals surface area contributed by atoms with Crippen LogP contribution in [0.3, 0.4) is 0 Å². The van der Waals surface area contributed by atoms with E-state index in [0.717, 1.165) is 43.9 Å². The molecule has 1 atom stereocenters. The van der Waals surface area contributed by atoms with Crippen molar-refractivity contribution in [2.45, 2.75) is 38.9 Å². The first-order valence-electron chi connectivity index (χ1n) is 8.35. The highest BCUT2D eigenvalue weighted by molar-refractivity contribution is 5.53. The molecule has 7 nitrogen and oxygen atoms in total. The normalized spacial score (nSPS) is 18.3. The van der Waals surface area contributed by atoms with Gasteiger partial charge in [-0.05, 0) is 26.3 Å². The summed E-state index contributed by atoms with van der Waals surface area (Å²) >= 11 is 0. The first kappa shape index (κ1) is 15.0. The Morgan fingerprint density at radius 1 is 1.25 bits per heavy atom. The van der Waals surface area contributed by atoms with E-state index in [1.165, 1.54) is 0 Å². The summed E-state index contributed by atoms with van der Waals surface area (Å²) < 4.78 is 7.63. The van der Waals surface area contributed by atoms with Crippen LogP contribution in [0.4, 0.5) is 0 Å². The smallest absolute Gasteiger partial charge is 0.244 e. The van der Waals surface area contributed by atoms with Crippen molar-refractivity contribution >= 4 is 0 Å². The van der Waals surface area contributed by atoms with Crippen LogP contribution in [0, 0.1) is 0 Å². The summed E-state index contributed by atoms with van der Waals surface area (Å²) in [6.07, 6.45) is 3.92. The van der Waals surface area contributed by atoms with Gasteiger partial charge in [-0.3, -0.25) is 4.90 Å². The van der Waals surface area contributed by atoms with E-state index < -0.39 is 0 Å². The van der Waals surface area contributed by atoms with E-state index >= 15 is 0 Å². The van der Waals surface area contributed by atoms with Gasteiger partial charge in [-0.2, -0.15) is 4.98 Å². The van der Waals surface area contributed by atoms with E-state index in [1.807, 2.05) is 30.3 Å². The Bertz CT molecular complexity index is 796. The molecule has 1 aliphatic rings. The second-order valence-electron chi connectivity index (χ2n) is 5.98. The molecule has 3 aromatic rings. The fourth-order valence-electron chi connectivity index (χ4n) is 3.22. The highest BCUT2D eigenvalue weighted by Gasteiger charge is 2.31. The molecule has 0 N–H and O–H groups in total. The van der Waals surface area contributed by atoms with E-state index in [4.69, 9.17) is 4.52 Å². The molecular formula is C17H20N6O. The molecule has 1 aliphatic heterocycles. The second-order valence-corrected chi connectivity index (χ2v) is 5.98. The van der Waals surface area contributed by atoms with Crippen molar-refractivity contribution in [2.24, 2.45) is 0 Å². The van der Waals surface area contributed by atoms with Crippen LogP contribution in [0.2, 0.25) is 0 Å². The molecule has 2 aromatic heterocycles. The SMILES string of the molecule is CCn1cnnc1CN1CCC[C@H]1c1nc(-c2ccccc2)no1. The summed E-state index contributed by atoms with van der Waals surface area (Å²) in [5, 5.41) is 12.4. The number of hydrogen-bond donors (Lipinski definition) is 0. The van der Waals surface area contributed by atoms with Crippen molar-refractivity contribution in [3.8, 4) is 11.4 Å². The molecule has 24 heavy (non-hydrogen) atoms. The fourth-order valence-corrected chi connectivity index (χ4v) is 3.22. The Kier molecular flexibility index (Phi) is 4.08. The van der Waals surface area contributed by atoms with Crippen LogP contribution in [0.1, 0.15) is 37.5 Å². The highest BCUT2D eigenvalue weighted by atomic mass is 16.5. The topological polar surface area (TPSA) is 72.9 Å². The average Bonchev–Trinajstić information content (AvgIpc) is 3.36. The maximum absolute atomic E-state index is 5.56. The van der Waals surface area contributed by atoms with Crippen molar-refractivity contribution < 1.29 is 4.52 Å². The minimum Gasteiger partial charge on any atom is -0.337 e. The molecule has 7 heteroatoms. The number of nitrogens with zero attached hydrogens (tertiary/aromatic N) is 6. The lowest BCUT2D eigenvalue weighted by atomic mass is 10.2. The zero-order valence-electron chi connectivity index (χ0n) is 13.7. The van der Waals surface area contributed by atoms with Gasteiger partial charge in [-0.15, -0.1) is 10.2 Å². The number of aryl methyl sites for hydroxylation is 1. The Balaban J connectivity index is 1.54. The molecule has 3 heterocycles. The van der Waals surface area contributed by atoms with E-state index in [2.05, 4.69) is 36.7 Å². The lowest BCUT2D eigenvalue weighted by Crippen LogP contribution is -2.25. The predicted molar refractivity (Wildman–Crippen MR) is 87.8 cm³/mol. The van der Waals surface area contributed by atoms with Gasteiger partial charge in [0.15, 0.2) is 0 Å². The Morgan fingerprint density at radius 2 is 2.12 bits per heavy atom. The molecule has 0 saturated carbocycles. The zero-order chi connectivity index (χ0) is 16.4. The summed E-state index contributed by atoms with van der Waals surface area (Å²) in [5.41, 5.74) is 0.975. The van der Waals surface area contributed by atoms with Gasteiger partial charge in [0.25, 0.3) is 0 Å². The molecule has 1 saturated heterocycles. The highest BCUT2D eigenvalue weighted by Crippen LogP contribution is 2.32. The molecule has 1 fully saturated rings. The van der Waals surface area contributed by atoms with Crippen LogP contribution in [-0.2, 0) is 13.1 Å². The lowest BCUT2D eigenvalue weighted by molar-refractivity contribution is 0.195. The average molecular weight is 324 g/mol. The van der Waals surface area contributed by atoms with Gasteiger partial charge < -0.3 is 9.09 Å². The van der Waals surface area contributed by atoms with Gasteiger partial charge in [0.1, 0.15) is 12.2 Å². The van der Waals surface area contributed by atoms with E-state index in [0.29, 0.717) is 11.7 Å². The molecule has 0 amide bonds. The molecular weight excluding hydrogens is 304 g/mol. The van der Waals surface area contributed by atoms with E-state index in [1.54, 1.807) is 6.33 Å². The zero-order valence-corrected chi connectivity index (χ0v) is 13.7. The first-order valence-corrected chi connectivity index (χ1v) is 8.35. The summed E-state index contributed by atoms with van der Waals surface area (Å²) in [6, 6.07) is 10.1. The fraction of sp³-hybridized carbons (Fsp3) is 0.412. The predicted octanol–water partition coefficient (Wildman–Crippen LogP) is 2.69. The molecule has 0 radical (unpaired) electrons. The Morgan fingerprint density at radius 3 is 2.96 bits per heavy atom. The van der Waals surface area contributed by atoms with Crippen LogP contribution >= 0.6 is 0 Å². The van der Waals surface area contributed by atoms with Crippen LogP contribution in [0.25, 0.3) is 11.4 Å². The van der Waals surface area contributed by atoms with E-state index in [-0.39, 0.29) is 6.04 Å².